The third-order valence-electron chi connectivity index (χ3n) is 4.67. The summed E-state index contributed by atoms with van der Waals surface area (Å²) in [6.45, 7) is 0. The summed E-state index contributed by atoms with van der Waals surface area (Å²) < 4.78 is 0. The molecule has 0 radical (unpaired) electrons. The maximum atomic E-state index is 4.10. The molecule has 1 atom stereocenters. The first-order chi connectivity index (χ1) is 10.4. The van der Waals surface area contributed by atoms with Crippen LogP contribution < -0.4 is 5.32 Å². The molecule has 1 saturated carbocycles. The lowest BCUT2D eigenvalue weighted by Crippen LogP contribution is -2.17. The first-order valence-electron chi connectivity index (χ1n) is 8.05. The zero-order chi connectivity index (χ0) is 14.5. The van der Waals surface area contributed by atoms with E-state index in [0.29, 0.717) is 0 Å². The van der Waals surface area contributed by atoms with Gasteiger partial charge in [0.15, 0.2) is 0 Å². The van der Waals surface area contributed by atoms with E-state index in [1.54, 1.807) is 0 Å². The molecule has 1 fully saturated rings. The van der Waals surface area contributed by atoms with Gasteiger partial charge in [0.2, 0.25) is 0 Å². The summed E-state index contributed by atoms with van der Waals surface area (Å²) in [5, 5.41) is 3.41. The average Bonchev–Trinajstić information content (AvgIpc) is 2.58. The van der Waals surface area contributed by atoms with Crippen LogP contribution in [0.2, 0.25) is 0 Å². The summed E-state index contributed by atoms with van der Waals surface area (Å²) in [6.07, 6.45) is 10.6. The second-order valence-corrected chi connectivity index (χ2v) is 6.00. The minimum absolute atomic E-state index is 0.244. The van der Waals surface area contributed by atoms with Crippen molar-refractivity contribution < 1.29 is 0 Å². The number of nitrogens with zero attached hydrogens (tertiary/aromatic N) is 1. The van der Waals surface area contributed by atoms with Gasteiger partial charge in [-0.05, 0) is 54.6 Å². The van der Waals surface area contributed by atoms with Crippen LogP contribution in [0.4, 0.5) is 0 Å². The summed E-state index contributed by atoms with van der Waals surface area (Å²) in [4.78, 5) is 4.10. The molecule has 1 aliphatic carbocycles. The van der Waals surface area contributed by atoms with E-state index in [1.807, 2.05) is 19.4 Å². The Balaban J connectivity index is 1.79. The van der Waals surface area contributed by atoms with Gasteiger partial charge in [0.05, 0.1) is 6.04 Å². The van der Waals surface area contributed by atoms with E-state index in [4.69, 9.17) is 0 Å². The van der Waals surface area contributed by atoms with Gasteiger partial charge in [-0.25, -0.2) is 0 Å². The summed E-state index contributed by atoms with van der Waals surface area (Å²) in [5.74, 6) is 0.779. The van der Waals surface area contributed by atoms with Gasteiger partial charge in [-0.1, -0.05) is 43.5 Å². The summed E-state index contributed by atoms with van der Waals surface area (Å²) in [6, 6.07) is 13.6. The first-order valence-corrected chi connectivity index (χ1v) is 8.05. The third kappa shape index (κ3) is 3.33. The van der Waals surface area contributed by atoms with Gasteiger partial charge < -0.3 is 5.32 Å². The van der Waals surface area contributed by atoms with Gasteiger partial charge in [-0.15, -0.1) is 0 Å². The zero-order valence-electron chi connectivity index (χ0n) is 12.8. The van der Waals surface area contributed by atoms with Crippen LogP contribution in [-0.2, 0) is 0 Å². The zero-order valence-corrected chi connectivity index (χ0v) is 12.8. The lowest BCUT2D eigenvalue weighted by Gasteiger charge is -2.23. The van der Waals surface area contributed by atoms with Crippen LogP contribution in [0.25, 0.3) is 0 Å². The van der Waals surface area contributed by atoms with Crippen LogP contribution in [0.5, 0.6) is 0 Å². The lowest BCUT2D eigenvalue weighted by atomic mass is 9.83. The van der Waals surface area contributed by atoms with Crippen molar-refractivity contribution in [1.82, 2.24) is 10.3 Å². The van der Waals surface area contributed by atoms with Crippen molar-refractivity contribution in [3.8, 4) is 0 Å². The molecular weight excluding hydrogens is 256 g/mol. The van der Waals surface area contributed by atoms with Crippen molar-refractivity contribution in [2.45, 2.75) is 44.1 Å². The Kier molecular flexibility index (Phi) is 4.66. The standard InChI is InChI=1S/C19H24N2/c1-20-19(18-11-13-21-14-12-18)17-9-7-16(8-10-17)15-5-3-2-4-6-15/h7-15,19-20H,2-6H2,1H3. The Bertz CT molecular complexity index is 542. The van der Waals surface area contributed by atoms with E-state index in [-0.39, 0.29) is 6.04 Å². The average molecular weight is 280 g/mol. The van der Waals surface area contributed by atoms with Crippen molar-refractivity contribution in [2.75, 3.05) is 7.05 Å². The number of benzene rings is 1. The Morgan fingerprint density at radius 3 is 2.14 bits per heavy atom. The number of aromatic nitrogens is 1. The quantitative estimate of drug-likeness (QED) is 0.895. The molecule has 1 N–H and O–H groups in total. The molecule has 1 aromatic heterocycles. The molecule has 21 heavy (non-hydrogen) atoms. The predicted octanol–water partition coefficient (Wildman–Crippen LogP) is 4.44. The molecule has 2 nitrogen and oxygen atoms in total. The summed E-state index contributed by atoms with van der Waals surface area (Å²) in [5.41, 5.74) is 4.10. The summed E-state index contributed by atoms with van der Waals surface area (Å²) >= 11 is 0. The molecule has 1 unspecified atom stereocenters. The van der Waals surface area contributed by atoms with E-state index >= 15 is 0 Å². The molecule has 2 heteroatoms. The lowest BCUT2D eigenvalue weighted by molar-refractivity contribution is 0.443. The topological polar surface area (TPSA) is 24.9 Å². The molecule has 1 heterocycles. The van der Waals surface area contributed by atoms with Gasteiger partial charge >= 0.3 is 0 Å². The predicted molar refractivity (Wildman–Crippen MR) is 87.4 cm³/mol. The second-order valence-electron chi connectivity index (χ2n) is 6.00. The molecule has 0 amide bonds. The van der Waals surface area contributed by atoms with E-state index < -0.39 is 0 Å². The van der Waals surface area contributed by atoms with Crippen LogP contribution in [0.3, 0.4) is 0 Å². The smallest absolute Gasteiger partial charge is 0.0575 e. The van der Waals surface area contributed by atoms with Crippen molar-refractivity contribution in [3.05, 3.63) is 65.5 Å². The molecule has 0 saturated heterocycles. The maximum Gasteiger partial charge on any atom is 0.0575 e. The maximum absolute atomic E-state index is 4.10. The Labute approximate surface area is 127 Å². The Morgan fingerprint density at radius 2 is 1.52 bits per heavy atom. The highest BCUT2D eigenvalue weighted by molar-refractivity contribution is 5.33. The van der Waals surface area contributed by atoms with Gasteiger partial charge in [0.1, 0.15) is 0 Å². The van der Waals surface area contributed by atoms with Gasteiger partial charge in [0.25, 0.3) is 0 Å². The largest absolute Gasteiger partial charge is 0.309 e. The minimum atomic E-state index is 0.244. The Morgan fingerprint density at radius 1 is 0.905 bits per heavy atom. The molecule has 1 aliphatic rings. The first kappa shape index (κ1) is 14.3. The molecule has 3 rings (SSSR count). The molecular formula is C19H24N2. The van der Waals surface area contributed by atoms with Crippen molar-refractivity contribution in [3.63, 3.8) is 0 Å². The molecule has 0 bridgehead atoms. The van der Waals surface area contributed by atoms with Crippen molar-refractivity contribution >= 4 is 0 Å². The van der Waals surface area contributed by atoms with Crippen molar-refractivity contribution in [1.29, 1.82) is 0 Å². The highest BCUT2D eigenvalue weighted by Gasteiger charge is 2.16. The van der Waals surface area contributed by atoms with Gasteiger partial charge in [0, 0.05) is 12.4 Å². The van der Waals surface area contributed by atoms with Crippen molar-refractivity contribution in [2.24, 2.45) is 0 Å². The van der Waals surface area contributed by atoms with Gasteiger partial charge in [-0.2, -0.15) is 0 Å². The molecule has 0 aliphatic heterocycles. The summed E-state index contributed by atoms with van der Waals surface area (Å²) in [7, 11) is 2.01. The van der Waals surface area contributed by atoms with E-state index in [0.717, 1.165) is 5.92 Å². The molecule has 0 spiro atoms. The number of hydrogen-bond acceptors (Lipinski definition) is 2. The fourth-order valence-corrected chi connectivity index (χ4v) is 3.48. The minimum Gasteiger partial charge on any atom is -0.309 e. The monoisotopic (exact) mass is 280 g/mol. The van der Waals surface area contributed by atoms with E-state index in [2.05, 4.69) is 46.7 Å². The van der Waals surface area contributed by atoms with Crippen LogP contribution in [0, 0.1) is 0 Å². The number of pyridine rings is 1. The number of rotatable bonds is 4. The van der Waals surface area contributed by atoms with Crippen LogP contribution in [0.15, 0.2) is 48.8 Å². The van der Waals surface area contributed by atoms with E-state index in [1.165, 1.54) is 48.8 Å². The van der Waals surface area contributed by atoms with Crippen LogP contribution >= 0.6 is 0 Å². The van der Waals surface area contributed by atoms with E-state index in [9.17, 15) is 0 Å². The van der Waals surface area contributed by atoms with Crippen LogP contribution in [0.1, 0.15) is 60.8 Å². The third-order valence-corrected chi connectivity index (χ3v) is 4.67. The van der Waals surface area contributed by atoms with Gasteiger partial charge in [-0.3, -0.25) is 4.98 Å². The Hall–Kier alpha value is -1.67. The molecule has 1 aromatic carbocycles. The highest BCUT2D eigenvalue weighted by Crippen LogP contribution is 2.33. The number of hydrogen-bond donors (Lipinski definition) is 1. The number of nitrogens with one attached hydrogen (secondary N) is 1. The fraction of sp³-hybridized carbons (Fsp3) is 0.421. The SMILES string of the molecule is CNC(c1ccncc1)c1ccc(C2CCCCC2)cc1. The second kappa shape index (κ2) is 6.86. The molecule has 2 aromatic rings. The molecule has 110 valence electrons. The highest BCUT2D eigenvalue weighted by atomic mass is 14.9. The normalized spacial score (nSPS) is 17.6. The fourth-order valence-electron chi connectivity index (χ4n) is 3.48. The van der Waals surface area contributed by atoms with Crippen LogP contribution in [-0.4, -0.2) is 12.0 Å².